The van der Waals surface area contributed by atoms with E-state index in [1.165, 1.54) is 6.07 Å². The van der Waals surface area contributed by atoms with E-state index in [9.17, 15) is 13.2 Å². The van der Waals surface area contributed by atoms with Gasteiger partial charge in [0, 0.05) is 3.57 Å². The third-order valence-corrected chi connectivity index (χ3v) is 2.15. The van der Waals surface area contributed by atoms with Crippen LogP contribution in [-0.2, 0) is 0 Å². The van der Waals surface area contributed by atoms with Gasteiger partial charge in [-0.05, 0) is 34.7 Å². The molecule has 1 aromatic rings. The normalized spacial score (nSPS) is 10.8. The lowest BCUT2D eigenvalue weighted by molar-refractivity contribution is 0.146. The number of alkyl halides is 2. The molecule has 1 rings (SSSR count). The summed E-state index contributed by atoms with van der Waals surface area (Å²) in [5, 5.41) is -0.266. The maximum atomic E-state index is 12.8. The van der Waals surface area contributed by atoms with Crippen LogP contribution in [0.5, 0.6) is 0 Å². The molecule has 0 atom stereocenters. The van der Waals surface area contributed by atoms with E-state index in [0.29, 0.717) is 3.57 Å². The van der Waals surface area contributed by atoms with Crippen LogP contribution in [0.25, 0.3) is 0 Å². The number of hydrogen-bond donors (Lipinski definition) is 0. The van der Waals surface area contributed by atoms with Gasteiger partial charge < -0.3 is 0 Å². The van der Waals surface area contributed by atoms with Crippen molar-refractivity contribution in [3.63, 3.8) is 0 Å². The molecule has 66 valence electrons. The summed E-state index contributed by atoms with van der Waals surface area (Å²) in [6.45, 7) is 0. The van der Waals surface area contributed by atoms with Crippen molar-refractivity contribution in [2.24, 2.45) is 0 Å². The van der Waals surface area contributed by atoms with Gasteiger partial charge in [0.05, 0.1) is 10.6 Å². The van der Waals surface area contributed by atoms with E-state index in [0.717, 1.165) is 6.07 Å². The van der Waals surface area contributed by atoms with Crippen molar-refractivity contribution in [1.82, 2.24) is 0 Å². The van der Waals surface area contributed by atoms with Crippen LogP contribution in [-0.4, -0.2) is 0 Å². The molecule has 1 aromatic carbocycles. The van der Waals surface area contributed by atoms with Crippen LogP contribution in [0.2, 0.25) is 5.02 Å². The maximum absolute atomic E-state index is 12.8. The summed E-state index contributed by atoms with van der Waals surface area (Å²) in [4.78, 5) is 0. The average Bonchev–Trinajstić information content (AvgIpc) is 1.96. The molecular weight excluding hydrogens is 303 g/mol. The summed E-state index contributed by atoms with van der Waals surface area (Å²) in [6, 6.07) is 2.37. The van der Waals surface area contributed by atoms with Crippen LogP contribution in [0.15, 0.2) is 12.1 Å². The Kier molecular flexibility index (Phi) is 3.22. The minimum Gasteiger partial charge on any atom is -0.205 e. The molecule has 12 heavy (non-hydrogen) atoms. The minimum atomic E-state index is -2.82. The predicted octanol–water partition coefficient (Wildman–Crippen LogP) is 4.02. The van der Waals surface area contributed by atoms with Gasteiger partial charge in [0.2, 0.25) is 0 Å². The third-order valence-electron chi connectivity index (χ3n) is 1.26. The van der Waals surface area contributed by atoms with Crippen molar-refractivity contribution in [3.8, 4) is 0 Å². The molecule has 0 amide bonds. The molecule has 0 radical (unpaired) electrons. The average molecular weight is 306 g/mol. The summed E-state index contributed by atoms with van der Waals surface area (Å²) >= 11 is 7.15. The summed E-state index contributed by atoms with van der Waals surface area (Å²) in [5.74, 6) is -1.04. The highest BCUT2D eigenvalue weighted by Crippen LogP contribution is 2.28. The van der Waals surface area contributed by atoms with Gasteiger partial charge in [-0.25, -0.2) is 13.2 Å². The quantitative estimate of drug-likeness (QED) is 0.543. The summed E-state index contributed by atoms with van der Waals surface area (Å²) in [7, 11) is 0. The van der Waals surface area contributed by atoms with Gasteiger partial charge in [-0.15, -0.1) is 0 Å². The largest absolute Gasteiger partial charge is 0.266 e. The Morgan fingerprint density at radius 2 is 1.92 bits per heavy atom. The highest BCUT2D eigenvalue weighted by molar-refractivity contribution is 14.1. The molecule has 0 spiro atoms. The molecule has 0 nitrogen and oxygen atoms in total. The van der Waals surface area contributed by atoms with Gasteiger partial charge in [-0.1, -0.05) is 11.6 Å². The van der Waals surface area contributed by atoms with Crippen molar-refractivity contribution in [2.75, 3.05) is 0 Å². The van der Waals surface area contributed by atoms with Crippen molar-refractivity contribution < 1.29 is 13.2 Å². The topological polar surface area (TPSA) is 0 Å². The molecule has 0 unspecified atom stereocenters. The molecular formula is C7H3ClF3I. The van der Waals surface area contributed by atoms with E-state index in [4.69, 9.17) is 11.6 Å². The zero-order valence-corrected chi connectivity index (χ0v) is 8.54. The molecule has 5 heteroatoms. The first-order chi connectivity index (χ1) is 5.52. The van der Waals surface area contributed by atoms with E-state index in [-0.39, 0.29) is 5.02 Å². The molecule has 0 aliphatic carbocycles. The number of halogens is 5. The van der Waals surface area contributed by atoms with Crippen molar-refractivity contribution in [1.29, 1.82) is 0 Å². The Morgan fingerprint density at radius 3 is 2.42 bits per heavy atom. The lowest BCUT2D eigenvalue weighted by atomic mass is 10.2. The molecule has 0 aliphatic rings. The Balaban J connectivity index is 3.28. The first-order valence-electron chi connectivity index (χ1n) is 2.95. The fourth-order valence-electron chi connectivity index (χ4n) is 0.735. The Bertz CT molecular complexity index is 301. The maximum Gasteiger partial charge on any atom is 0.266 e. The van der Waals surface area contributed by atoms with Crippen LogP contribution < -0.4 is 0 Å². The van der Waals surface area contributed by atoms with E-state index < -0.39 is 17.8 Å². The van der Waals surface area contributed by atoms with Crippen molar-refractivity contribution in [2.45, 2.75) is 6.43 Å². The summed E-state index contributed by atoms with van der Waals surface area (Å²) < 4.78 is 37.5. The molecule has 0 saturated carbocycles. The fraction of sp³-hybridized carbons (Fsp3) is 0.143. The van der Waals surface area contributed by atoms with E-state index in [1.54, 1.807) is 22.6 Å². The minimum absolute atomic E-state index is 0.266. The van der Waals surface area contributed by atoms with E-state index in [2.05, 4.69) is 0 Å². The van der Waals surface area contributed by atoms with Gasteiger partial charge in [0.25, 0.3) is 6.43 Å². The van der Waals surface area contributed by atoms with Crippen LogP contribution in [0.1, 0.15) is 12.0 Å². The second-order valence-electron chi connectivity index (χ2n) is 2.09. The Labute approximate surface area is 85.9 Å². The van der Waals surface area contributed by atoms with Crippen LogP contribution >= 0.6 is 34.2 Å². The zero-order valence-electron chi connectivity index (χ0n) is 5.62. The van der Waals surface area contributed by atoms with Gasteiger partial charge in [-0.2, -0.15) is 0 Å². The molecule has 0 heterocycles. The number of rotatable bonds is 1. The van der Waals surface area contributed by atoms with Crippen LogP contribution in [0.4, 0.5) is 13.2 Å². The van der Waals surface area contributed by atoms with E-state index >= 15 is 0 Å². The summed E-state index contributed by atoms with van der Waals surface area (Å²) in [6.07, 6.45) is -2.82. The first-order valence-corrected chi connectivity index (χ1v) is 4.40. The predicted molar refractivity (Wildman–Crippen MR) is 49.1 cm³/mol. The van der Waals surface area contributed by atoms with Gasteiger partial charge in [0.15, 0.2) is 5.82 Å². The lowest BCUT2D eigenvalue weighted by Crippen LogP contribution is -1.92. The lowest BCUT2D eigenvalue weighted by Gasteiger charge is -2.03. The molecule has 0 bridgehead atoms. The Hall–Kier alpha value is 0.0300. The number of hydrogen-bond acceptors (Lipinski definition) is 0. The SMILES string of the molecule is Fc1c(Cl)cc(I)cc1C(F)F. The van der Waals surface area contributed by atoms with Gasteiger partial charge in [0.1, 0.15) is 0 Å². The smallest absolute Gasteiger partial charge is 0.205 e. The van der Waals surface area contributed by atoms with Crippen LogP contribution in [0, 0.1) is 9.39 Å². The zero-order chi connectivity index (χ0) is 9.30. The number of benzene rings is 1. The fourth-order valence-corrected chi connectivity index (χ4v) is 1.79. The molecule has 0 fully saturated rings. The van der Waals surface area contributed by atoms with E-state index in [1.807, 2.05) is 0 Å². The van der Waals surface area contributed by atoms with Crippen LogP contribution in [0.3, 0.4) is 0 Å². The molecule has 0 aliphatic heterocycles. The second-order valence-corrected chi connectivity index (χ2v) is 3.74. The van der Waals surface area contributed by atoms with Gasteiger partial charge >= 0.3 is 0 Å². The Morgan fingerprint density at radius 1 is 1.33 bits per heavy atom. The first kappa shape index (κ1) is 10.1. The standard InChI is InChI=1S/C7H3ClF3I/c8-5-2-3(12)1-4(6(5)9)7(10)11/h1-2,7H. The van der Waals surface area contributed by atoms with Gasteiger partial charge in [-0.3, -0.25) is 0 Å². The molecule has 0 N–H and O–H groups in total. The molecule has 0 aromatic heterocycles. The monoisotopic (exact) mass is 306 g/mol. The highest BCUT2D eigenvalue weighted by Gasteiger charge is 2.16. The third kappa shape index (κ3) is 2.04. The summed E-state index contributed by atoms with van der Waals surface area (Å²) in [5.41, 5.74) is -0.646. The van der Waals surface area contributed by atoms with Crippen molar-refractivity contribution in [3.05, 3.63) is 32.1 Å². The van der Waals surface area contributed by atoms with Crippen molar-refractivity contribution >= 4 is 34.2 Å². The second kappa shape index (κ2) is 3.83. The molecule has 0 saturated heterocycles. The highest BCUT2D eigenvalue weighted by atomic mass is 127.